The molecule has 0 fully saturated rings. The Morgan fingerprint density at radius 3 is 2.28 bits per heavy atom. The summed E-state index contributed by atoms with van der Waals surface area (Å²) in [5, 5.41) is 0.229. The Morgan fingerprint density at radius 1 is 1.08 bits per heavy atom. The molecule has 2 aromatic rings. The standard InChI is InChI=1S/C18H20ClNO4S/c1-12-8-13-9-16(23-2)17(24-3)10-14(13)11-20(12)25(21,22)18-7-5-4-6-15(18)19/h4-7,9-10,12H,8,11H2,1-3H3. The van der Waals surface area contributed by atoms with Gasteiger partial charge in [0.05, 0.1) is 19.2 Å². The minimum absolute atomic E-state index is 0.132. The Labute approximate surface area is 153 Å². The molecule has 3 rings (SSSR count). The summed E-state index contributed by atoms with van der Waals surface area (Å²) in [6, 6.07) is 10.1. The number of ether oxygens (including phenoxy) is 2. The van der Waals surface area contributed by atoms with Gasteiger partial charge in [0, 0.05) is 12.6 Å². The number of fused-ring (bicyclic) bond motifs is 1. The third-order valence-corrected chi connectivity index (χ3v) is 6.92. The van der Waals surface area contributed by atoms with Crippen LogP contribution in [0.1, 0.15) is 18.1 Å². The van der Waals surface area contributed by atoms with Crippen molar-refractivity contribution in [3.05, 3.63) is 52.5 Å². The molecule has 2 aromatic carbocycles. The maximum Gasteiger partial charge on any atom is 0.245 e. The average molecular weight is 382 g/mol. The van der Waals surface area contributed by atoms with E-state index >= 15 is 0 Å². The van der Waals surface area contributed by atoms with Crippen LogP contribution in [0.3, 0.4) is 0 Å². The zero-order valence-corrected chi connectivity index (χ0v) is 15.9. The number of rotatable bonds is 4. The molecule has 1 heterocycles. The lowest BCUT2D eigenvalue weighted by atomic mass is 9.96. The fraction of sp³-hybridized carbons (Fsp3) is 0.333. The van der Waals surface area contributed by atoms with Crippen LogP contribution in [0, 0.1) is 0 Å². The van der Waals surface area contributed by atoms with Gasteiger partial charge in [-0.25, -0.2) is 8.42 Å². The molecule has 1 aliphatic rings. The van der Waals surface area contributed by atoms with Crippen LogP contribution in [0.2, 0.25) is 5.02 Å². The smallest absolute Gasteiger partial charge is 0.245 e. The lowest BCUT2D eigenvalue weighted by Crippen LogP contribution is -2.42. The zero-order chi connectivity index (χ0) is 18.2. The number of methoxy groups -OCH3 is 2. The Bertz CT molecular complexity index is 898. The van der Waals surface area contributed by atoms with Gasteiger partial charge in [0.2, 0.25) is 10.0 Å². The molecule has 0 saturated heterocycles. The van der Waals surface area contributed by atoms with Crippen molar-refractivity contribution in [3.63, 3.8) is 0 Å². The van der Waals surface area contributed by atoms with Crippen molar-refractivity contribution in [2.75, 3.05) is 14.2 Å². The third-order valence-electron chi connectivity index (χ3n) is 4.46. The number of benzene rings is 2. The Morgan fingerprint density at radius 2 is 1.68 bits per heavy atom. The van der Waals surface area contributed by atoms with Crippen LogP contribution >= 0.6 is 11.6 Å². The quantitative estimate of drug-likeness (QED) is 0.813. The van der Waals surface area contributed by atoms with Crippen LogP contribution in [0.5, 0.6) is 11.5 Å². The van der Waals surface area contributed by atoms with Gasteiger partial charge in [-0.3, -0.25) is 0 Å². The normalized spacial score (nSPS) is 17.8. The van der Waals surface area contributed by atoms with E-state index in [1.165, 1.54) is 10.4 Å². The van der Waals surface area contributed by atoms with Gasteiger partial charge in [0.15, 0.2) is 11.5 Å². The van der Waals surface area contributed by atoms with Gasteiger partial charge in [-0.05, 0) is 48.7 Å². The number of hydrogen-bond donors (Lipinski definition) is 0. The topological polar surface area (TPSA) is 55.8 Å². The Kier molecular flexibility index (Phi) is 4.95. The van der Waals surface area contributed by atoms with Crippen LogP contribution < -0.4 is 9.47 Å². The van der Waals surface area contributed by atoms with Gasteiger partial charge in [-0.2, -0.15) is 4.31 Å². The highest BCUT2D eigenvalue weighted by molar-refractivity contribution is 7.89. The van der Waals surface area contributed by atoms with Gasteiger partial charge in [-0.1, -0.05) is 23.7 Å². The summed E-state index contributed by atoms with van der Waals surface area (Å²) in [5.74, 6) is 1.24. The molecule has 7 heteroatoms. The minimum Gasteiger partial charge on any atom is -0.493 e. The highest BCUT2D eigenvalue weighted by atomic mass is 35.5. The molecule has 1 aliphatic heterocycles. The van der Waals surface area contributed by atoms with Crippen molar-refractivity contribution in [2.24, 2.45) is 0 Å². The molecule has 0 amide bonds. The second kappa shape index (κ2) is 6.86. The van der Waals surface area contributed by atoms with E-state index in [4.69, 9.17) is 21.1 Å². The molecular formula is C18H20ClNO4S. The van der Waals surface area contributed by atoms with E-state index in [-0.39, 0.29) is 22.5 Å². The highest BCUT2D eigenvalue weighted by Gasteiger charge is 2.35. The first-order chi connectivity index (χ1) is 11.9. The van der Waals surface area contributed by atoms with Crippen LogP contribution in [-0.2, 0) is 23.0 Å². The summed E-state index contributed by atoms with van der Waals surface area (Å²) in [6.07, 6.45) is 0.597. The van der Waals surface area contributed by atoms with E-state index in [0.717, 1.165) is 11.1 Å². The lowest BCUT2D eigenvalue weighted by molar-refractivity contribution is 0.305. The van der Waals surface area contributed by atoms with Gasteiger partial charge in [0.25, 0.3) is 0 Å². The maximum absolute atomic E-state index is 13.1. The Balaban J connectivity index is 2.03. The first kappa shape index (κ1) is 18.0. The molecule has 0 bridgehead atoms. The van der Waals surface area contributed by atoms with Gasteiger partial charge >= 0.3 is 0 Å². The van der Waals surface area contributed by atoms with E-state index in [9.17, 15) is 8.42 Å². The third kappa shape index (κ3) is 3.21. The lowest BCUT2D eigenvalue weighted by Gasteiger charge is -2.34. The van der Waals surface area contributed by atoms with Crippen LogP contribution in [-0.4, -0.2) is 33.0 Å². The fourth-order valence-corrected chi connectivity index (χ4v) is 5.25. The van der Waals surface area contributed by atoms with Crippen LogP contribution in [0.4, 0.5) is 0 Å². The van der Waals surface area contributed by atoms with E-state index in [1.54, 1.807) is 32.4 Å². The largest absolute Gasteiger partial charge is 0.493 e. The van der Waals surface area contributed by atoms with Crippen molar-refractivity contribution in [2.45, 2.75) is 30.8 Å². The summed E-state index contributed by atoms with van der Waals surface area (Å²) < 4.78 is 38.4. The van der Waals surface area contributed by atoms with Crippen LogP contribution in [0.15, 0.2) is 41.3 Å². The van der Waals surface area contributed by atoms with Crippen molar-refractivity contribution in [1.82, 2.24) is 4.31 Å². The molecule has 1 atom stereocenters. The monoisotopic (exact) mass is 381 g/mol. The van der Waals surface area contributed by atoms with E-state index in [0.29, 0.717) is 17.9 Å². The SMILES string of the molecule is COc1cc2c(cc1OC)CN(S(=O)(=O)c1ccccc1Cl)C(C)C2. The maximum atomic E-state index is 13.1. The number of sulfonamides is 1. The van der Waals surface area contributed by atoms with E-state index in [1.807, 2.05) is 19.1 Å². The first-order valence-corrected chi connectivity index (χ1v) is 9.70. The fourth-order valence-electron chi connectivity index (χ4n) is 3.15. The predicted octanol–water partition coefficient (Wildman–Crippen LogP) is 3.49. The number of nitrogens with zero attached hydrogens (tertiary/aromatic N) is 1. The average Bonchev–Trinajstić information content (AvgIpc) is 2.60. The van der Waals surface area contributed by atoms with E-state index < -0.39 is 10.0 Å². The summed E-state index contributed by atoms with van der Waals surface area (Å²) in [7, 11) is -0.539. The van der Waals surface area contributed by atoms with Crippen LogP contribution in [0.25, 0.3) is 0 Å². The summed E-state index contributed by atoms with van der Waals surface area (Å²) in [4.78, 5) is 0.132. The molecule has 0 N–H and O–H groups in total. The summed E-state index contributed by atoms with van der Waals surface area (Å²) in [5.41, 5.74) is 1.97. The van der Waals surface area contributed by atoms with Crippen molar-refractivity contribution < 1.29 is 17.9 Å². The molecule has 1 unspecified atom stereocenters. The van der Waals surface area contributed by atoms with Gasteiger partial charge in [0.1, 0.15) is 4.90 Å². The molecule has 0 radical (unpaired) electrons. The highest BCUT2D eigenvalue weighted by Crippen LogP contribution is 2.37. The molecule has 0 saturated carbocycles. The zero-order valence-electron chi connectivity index (χ0n) is 14.3. The molecule has 0 aliphatic carbocycles. The molecule has 5 nitrogen and oxygen atoms in total. The predicted molar refractivity (Wildman–Crippen MR) is 96.9 cm³/mol. The molecule has 0 spiro atoms. The van der Waals surface area contributed by atoms with E-state index in [2.05, 4.69) is 0 Å². The summed E-state index contributed by atoms with van der Waals surface area (Å²) in [6.45, 7) is 2.17. The second-order valence-corrected chi connectivity index (χ2v) is 8.28. The summed E-state index contributed by atoms with van der Waals surface area (Å²) >= 11 is 6.12. The minimum atomic E-state index is -3.69. The Hall–Kier alpha value is -1.76. The molecule has 0 aromatic heterocycles. The molecule has 134 valence electrons. The first-order valence-electron chi connectivity index (χ1n) is 7.88. The molecular weight excluding hydrogens is 362 g/mol. The molecule has 25 heavy (non-hydrogen) atoms. The number of hydrogen-bond acceptors (Lipinski definition) is 4. The van der Waals surface area contributed by atoms with Gasteiger partial charge in [-0.15, -0.1) is 0 Å². The van der Waals surface area contributed by atoms with Gasteiger partial charge < -0.3 is 9.47 Å². The van der Waals surface area contributed by atoms with Crippen molar-refractivity contribution in [1.29, 1.82) is 0 Å². The number of halogens is 1. The van der Waals surface area contributed by atoms with Crippen molar-refractivity contribution >= 4 is 21.6 Å². The second-order valence-electron chi connectivity index (χ2n) is 6.01. The van der Waals surface area contributed by atoms with Crippen molar-refractivity contribution in [3.8, 4) is 11.5 Å².